The van der Waals surface area contributed by atoms with Gasteiger partial charge in [-0.15, -0.1) is 24.0 Å². The molecule has 3 rings (SSSR count). The summed E-state index contributed by atoms with van der Waals surface area (Å²) < 4.78 is 24.4. The molecule has 1 aliphatic heterocycles. The minimum atomic E-state index is -0.216. The smallest absolute Gasteiger partial charge is 0.191 e. The number of hydrogen-bond acceptors (Lipinski definition) is 4. The topological polar surface area (TPSA) is 71.7 Å². The van der Waals surface area contributed by atoms with Gasteiger partial charge in [0.25, 0.3) is 0 Å². The Morgan fingerprint density at radius 1 is 1.20 bits per heavy atom. The van der Waals surface area contributed by atoms with E-state index in [0.717, 1.165) is 42.4 Å². The van der Waals surface area contributed by atoms with Gasteiger partial charge >= 0.3 is 0 Å². The maximum absolute atomic E-state index is 13.4. The lowest BCUT2D eigenvalue weighted by atomic mass is 9.74. The van der Waals surface area contributed by atoms with Gasteiger partial charge in [-0.1, -0.05) is 31.1 Å². The van der Waals surface area contributed by atoms with Crippen LogP contribution >= 0.6 is 24.0 Å². The number of halogens is 2. The third-order valence-electron chi connectivity index (χ3n) is 5.41. The van der Waals surface area contributed by atoms with Crippen molar-refractivity contribution < 1.29 is 13.7 Å². The molecule has 1 aromatic heterocycles. The Labute approximate surface area is 195 Å². The zero-order valence-electron chi connectivity index (χ0n) is 17.9. The monoisotopic (exact) mass is 530 g/mol. The average Bonchev–Trinajstić information content (AvgIpc) is 3.21. The number of rotatable bonds is 7. The van der Waals surface area contributed by atoms with Gasteiger partial charge in [-0.3, -0.25) is 0 Å². The van der Waals surface area contributed by atoms with E-state index in [1.54, 1.807) is 0 Å². The Balaban J connectivity index is 0.00000320. The van der Waals surface area contributed by atoms with Crippen LogP contribution in [0.2, 0.25) is 0 Å². The predicted molar refractivity (Wildman–Crippen MR) is 127 cm³/mol. The minimum absolute atomic E-state index is 0. The van der Waals surface area contributed by atoms with E-state index in [4.69, 9.17) is 9.26 Å². The van der Waals surface area contributed by atoms with Crippen LogP contribution in [0.4, 0.5) is 4.39 Å². The molecule has 1 aliphatic rings. The molecule has 0 bridgehead atoms. The van der Waals surface area contributed by atoms with Gasteiger partial charge in [0.1, 0.15) is 12.4 Å². The molecule has 30 heavy (non-hydrogen) atoms. The quantitative estimate of drug-likeness (QED) is 0.316. The van der Waals surface area contributed by atoms with E-state index in [1.807, 2.05) is 25.1 Å². The van der Waals surface area contributed by atoms with Crippen LogP contribution in [0.1, 0.15) is 56.5 Å². The molecule has 0 radical (unpaired) electrons. The first kappa shape index (κ1) is 24.6. The number of nitrogens with zero attached hydrogens (tertiary/aromatic N) is 2. The second-order valence-corrected chi connectivity index (χ2v) is 7.82. The van der Waals surface area contributed by atoms with Crippen molar-refractivity contribution in [1.29, 1.82) is 0 Å². The molecule has 0 amide bonds. The van der Waals surface area contributed by atoms with Crippen LogP contribution in [0.25, 0.3) is 0 Å². The number of nitrogens with one attached hydrogen (secondary N) is 2. The van der Waals surface area contributed by atoms with Crippen molar-refractivity contribution in [2.45, 2.75) is 51.5 Å². The van der Waals surface area contributed by atoms with Gasteiger partial charge in [-0.05, 0) is 43.4 Å². The lowest BCUT2D eigenvalue weighted by Gasteiger charge is -2.38. The summed E-state index contributed by atoms with van der Waals surface area (Å²) in [5, 5.41) is 10.8. The summed E-state index contributed by atoms with van der Waals surface area (Å²) >= 11 is 0. The molecule has 1 fully saturated rings. The van der Waals surface area contributed by atoms with Crippen molar-refractivity contribution in [1.82, 2.24) is 15.8 Å². The number of aliphatic imine (C=N–C) groups is 1. The maximum Gasteiger partial charge on any atom is 0.191 e. The summed E-state index contributed by atoms with van der Waals surface area (Å²) in [6, 6.07) is 8.78. The van der Waals surface area contributed by atoms with Crippen LogP contribution in [0.5, 0.6) is 0 Å². The summed E-state index contributed by atoms with van der Waals surface area (Å²) in [4.78, 5) is 4.65. The predicted octanol–water partition coefficient (Wildman–Crippen LogP) is 4.36. The summed E-state index contributed by atoms with van der Waals surface area (Å²) in [6.07, 6.45) is 1.76. The molecule has 0 aliphatic carbocycles. The Hall–Kier alpha value is -1.68. The van der Waals surface area contributed by atoms with E-state index >= 15 is 0 Å². The molecule has 0 atom stereocenters. The van der Waals surface area contributed by atoms with E-state index in [2.05, 4.69) is 34.6 Å². The maximum atomic E-state index is 13.4. The van der Waals surface area contributed by atoms with E-state index in [9.17, 15) is 4.39 Å². The molecule has 0 spiro atoms. The molecule has 1 aromatic carbocycles. The Bertz CT molecular complexity index is 802. The molecule has 0 saturated carbocycles. The zero-order valence-corrected chi connectivity index (χ0v) is 20.2. The summed E-state index contributed by atoms with van der Waals surface area (Å²) in [7, 11) is 0. The molecule has 8 heteroatoms. The highest BCUT2D eigenvalue weighted by Gasteiger charge is 2.34. The molecule has 2 N–H and O–H groups in total. The van der Waals surface area contributed by atoms with Gasteiger partial charge in [-0.25, -0.2) is 9.38 Å². The van der Waals surface area contributed by atoms with Gasteiger partial charge in [0, 0.05) is 37.8 Å². The van der Waals surface area contributed by atoms with Crippen molar-refractivity contribution in [3.8, 4) is 0 Å². The van der Waals surface area contributed by atoms with Gasteiger partial charge in [0.05, 0.1) is 5.69 Å². The number of hydrogen-bond donors (Lipinski definition) is 2. The summed E-state index contributed by atoms with van der Waals surface area (Å²) in [6.45, 7) is 9.46. The lowest BCUT2D eigenvalue weighted by Crippen LogP contribution is -2.48. The molecule has 1 saturated heterocycles. The van der Waals surface area contributed by atoms with Crippen molar-refractivity contribution in [3.63, 3.8) is 0 Å². The fourth-order valence-electron chi connectivity index (χ4n) is 3.56. The fourth-order valence-corrected chi connectivity index (χ4v) is 3.56. The Morgan fingerprint density at radius 2 is 1.90 bits per heavy atom. The first-order valence-electron chi connectivity index (χ1n) is 10.3. The SMILES string of the molecule is CCNC(=NCc1cc(C(C)C)no1)NCC1(c2ccc(F)cc2)CCOCC1.I. The molecular weight excluding hydrogens is 498 g/mol. The number of aromatic nitrogens is 1. The van der Waals surface area contributed by atoms with Gasteiger partial charge in [0.2, 0.25) is 0 Å². The van der Waals surface area contributed by atoms with Crippen molar-refractivity contribution >= 4 is 29.9 Å². The van der Waals surface area contributed by atoms with E-state index in [1.165, 1.54) is 12.1 Å². The third kappa shape index (κ3) is 6.41. The second kappa shape index (κ2) is 11.6. The number of guanidine groups is 1. The van der Waals surface area contributed by atoms with Crippen LogP contribution in [0.15, 0.2) is 39.8 Å². The molecule has 2 aromatic rings. The van der Waals surface area contributed by atoms with Crippen LogP contribution in [-0.4, -0.2) is 37.4 Å². The minimum Gasteiger partial charge on any atom is -0.381 e. The Morgan fingerprint density at radius 3 is 2.50 bits per heavy atom. The van der Waals surface area contributed by atoms with Crippen molar-refractivity contribution in [3.05, 3.63) is 53.2 Å². The van der Waals surface area contributed by atoms with Gasteiger partial charge in [0.15, 0.2) is 11.7 Å². The highest BCUT2D eigenvalue weighted by Crippen LogP contribution is 2.34. The van der Waals surface area contributed by atoms with Gasteiger partial charge < -0.3 is 19.9 Å². The van der Waals surface area contributed by atoms with Gasteiger partial charge in [-0.2, -0.15) is 0 Å². The molecule has 166 valence electrons. The molecule has 6 nitrogen and oxygen atoms in total. The van der Waals surface area contributed by atoms with E-state index in [0.29, 0.717) is 32.2 Å². The van der Waals surface area contributed by atoms with E-state index in [-0.39, 0.29) is 35.2 Å². The highest BCUT2D eigenvalue weighted by molar-refractivity contribution is 14.0. The van der Waals surface area contributed by atoms with Crippen molar-refractivity contribution in [2.24, 2.45) is 4.99 Å². The van der Waals surface area contributed by atoms with Crippen LogP contribution in [-0.2, 0) is 16.7 Å². The highest BCUT2D eigenvalue weighted by atomic mass is 127. The molecule has 2 heterocycles. The summed E-state index contributed by atoms with van der Waals surface area (Å²) in [5.41, 5.74) is 1.95. The number of benzene rings is 1. The molecular formula is C22H32FIN4O2. The average molecular weight is 530 g/mol. The van der Waals surface area contributed by atoms with E-state index < -0.39 is 0 Å². The van der Waals surface area contributed by atoms with Crippen LogP contribution in [0, 0.1) is 5.82 Å². The summed E-state index contributed by atoms with van der Waals surface area (Å²) in [5.74, 6) is 1.58. The lowest BCUT2D eigenvalue weighted by molar-refractivity contribution is 0.0513. The zero-order chi connectivity index (χ0) is 20.7. The van der Waals surface area contributed by atoms with Crippen LogP contribution in [0.3, 0.4) is 0 Å². The fraction of sp³-hybridized carbons (Fsp3) is 0.545. The molecule has 0 unspecified atom stereocenters. The standard InChI is InChI=1S/C22H31FN4O2.HI/c1-4-24-21(25-14-19-13-20(16(2)3)27-29-19)26-15-22(9-11-28-12-10-22)17-5-7-18(23)8-6-17;/h5-8,13,16H,4,9-12,14-15H2,1-3H3,(H2,24,25,26);1H. The van der Waals surface area contributed by atoms with Crippen molar-refractivity contribution in [2.75, 3.05) is 26.3 Å². The largest absolute Gasteiger partial charge is 0.381 e. The second-order valence-electron chi connectivity index (χ2n) is 7.82. The number of ether oxygens (including phenoxy) is 1. The first-order valence-corrected chi connectivity index (χ1v) is 10.3. The Kier molecular flexibility index (Phi) is 9.54. The first-order chi connectivity index (χ1) is 14.0. The normalized spacial score (nSPS) is 16.2. The third-order valence-corrected chi connectivity index (χ3v) is 5.41. The van der Waals surface area contributed by atoms with Crippen LogP contribution < -0.4 is 10.6 Å².